The summed E-state index contributed by atoms with van der Waals surface area (Å²) in [6.45, 7) is 1.58. The molecule has 20 heavy (non-hydrogen) atoms. The minimum Gasteiger partial charge on any atom is -0.491 e. The van der Waals surface area contributed by atoms with Crippen LogP contribution in [0.1, 0.15) is 6.42 Å². The Hall–Kier alpha value is -1.62. The summed E-state index contributed by atoms with van der Waals surface area (Å²) < 4.78 is 5.59. The van der Waals surface area contributed by atoms with Gasteiger partial charge in [0.2, 0.25) is 0 Å². The van der Waals surface area contributed by atoms with Crippen molar-refractivity contribution in [1.29, 1.82) is 0 Å². The molecule has 0 amide bonds. The standard InChI is InChI=1S/C16H21NO3/c18-9-3-8-17-11-15(19)12-20-16-7-6-13-4-1-2-5-14(13)10-16/h1-2,4-7,10,15,17-19H,3,8-9,11-12H2/t15-/m0/s1. The van der Waals surface area contributed by atoms with Crippen molar-refractivity contribution < 1.29 is 14.9 Å². The third-order valence-corrected chi connectivity index (χ3v) is 3.05. The van der Waals surface area contributed by atoms with E-state index in [0.717, 1.165) is 11.1 Å². The number of benzene rings is 2. The van der Waals surface area contributed by atoms with Gasteiger partial charge in [0.1, 0.15) is 18.5 Å². The molecule has 4 heteroatoms. The fraction of sp³-hybridized carbons (Fsp3) is 0.375. The van der Waals surface area contributed by atoms with Gasteiger partial charge in [-0.25, -0.2) is 0 Å². The third-order valence-electron chi connectivity index (χ3n) is 3.05. The van der Waals surface area contributed by atoms with E-state index in [1.807, 2.05) is 36.4 Å². The lowest BCUT2D eigenvalue weighted by atomic mass is 10.1. The average molecular weight is 275 g/mol. The highest BCUT2D eigenvalue weighted by molar-refractivity contribution is 5.83. The molecule has 0 aliphatic carbocycles. The molecule has 3 N–H and O–H groups in total. The molecule has 0 saturated heterocycles. The van der Waals surface area contributed by atoms with Crippen molar-refractivity contribution in [2.45, 2.75) is 12.5 Å². The highest BCUT2D eigenvalue weighted by Crippen LogP contribution is 2.20. The molecule has 0 radical (unpaired) electrons. The summed E-state index contributed by atoms with van der Waals surface area (Å²) in [6.07, 6.45) is 0.137. The molecular formula is C16H21NO3. The van der Waals surface area contributed by atoms with Crippen LogP contribution in [0.5, 0.6) is 5.75 Å². The van der Waals surface area contributed by atoms with Crippen LogP contribution in [0.4, 0.5) is 0 Å². The van der Waals surface area contributed by atoms with E-state index in [0.29, 0.717) is 19.5 Å². The maximum Gasteiger partial charge on any atom is 0.120 e. The summed E-state index contributed by atoms with van der Waals surface area (Å²) in [7, 11) is 0. The summed E-state index contributed by atoms with van der Waals surface area (Å²) >= 11 is 0. The van der Waals surface area contributed by atoms with Crippen LogP contribution in [0.3, 0.4) is 0 Å². The first kappa shape index (κ1) is 14.8. The van der Waals surface area contributed by atoms with Gasteiger partial charge < -0.3 is 20.3 Å². The Kier molecular flexibility index (Phi) is 5.80. The largest absolute Gasteiger partial charge is 0.491 e. The number of aliphatic hydroxyl groups is 2. The molecule has 2 aromatic carbocycles. The third kappa shape index (κ3) is 4.49. The summed E-state index contributed by atoms with van der Waals surface area (Å²) in [5.41, 5.74) is 0. The molecule has 0 aromatic heterocycles. The fourth-order valence-corrected chi connectivity index (χ4v) is 1.98. The van der Waals surface area contributed by atoms with E-state index in [4.69, 9.17) is 9.84 Å². The number of fused-ring (bicyclic) bond motifs is 1. The van der Waals surface area contributed by atoms with Crippen molar-refractivity contribution in [3.63, 3.8) is 0 Å². The van der Waals surface area contributed by atoms with E-state index in [1.54, 1.807) is 0 Å². The Morgan fingerprint density at radius 2 is 1.90 bits per heavy atom. The van der Waals surface area contributed by atoms with Gasteiger partial charge in [-0.1, -0.05) is 30.3 Å². The second kappa shape index (κ2) is 7.85. The molecule has 0 saturated carbocycles. The maximum atomic E-state index is 9.77. The molecule has 2 rings (SSSR count). The first-order valence-corrected chi connectivity index (χ1v) is 6.91. The Labute approximate surface area is 119 Å². The average Bonchev–Trinajstić information content (AvgIpc) is 2.49. The Morgan fingerprint density at radius 1 is 1.10 bits per heavy atom. The van der Waals surface area contributed by atoms with Crippen molar-refractivity contribution in [2.24, 2.45) is 0 Å². The van der Waals surface area contributed by atoms with Gasteiger partial charge in [0.15, 0.2) is 0 Å². The van der Waals surface area contributed by atoms with E-state index in [9.17, 15) is 5.11 Å². The first-order chi connectivity index (χ1) is 9.79. The number of hydrogen-bond acceptors (Lipinski definition) is 4. The van der Waals surface area contributed by atoms with Crippen LogP contribution in [0.15, 0.2) is 42.5 Å². The minimum atomic E-state index is -0.555. The highest BCUT2D eigenvalue weighted by Gasteiger charge is 2.05. The quantitative estimate of drug-likeness (QED) is 0.640. The highest BCUT2D eigenvalue weighted by atomic mass is 16.5. The molecule has 0 bridgehead atoms. The monoisotopic (exact) mass is 275 g/mol. The number of aliphatic hydroxyl groups excluding tert-OH is 2. The van der Waals surface area contributed by atoms with Crippen LogP contribution in [0.25, 0.3) is 10.8 Å². The Morgan fingerprint density at radius 3 is 2.70 bits per heavy atom. The number of rotatable bonds is 8. The van der Waals surface area contributed by atoms with Crippen LogP contribution in [-0.4, -0.2) is 42.6 Å². The van der Waals surface area contributed by atoms with Crippen LogP contribution < -0.4 is 10.1 Å². The van der Waals surface area contributed by atoms with E-state index in [-0.39, 0.29) is 13.2 Å². The van der Waals surface area contributed by atoms with Gasteiger partial charge in [-0.05, 0) is 35.9 Å². The first-order valence-electron chi connectivity index (χ1n) is 6.91. The van der Waals surface area contributed by atoms with E-state index >= 15 is 0 Å². The zero-order valence-corrected chi connectivity index (χ0v) is 11.5. The summed E-state index contributed by atoms with van der Waals surface area (Å²) in [4.78, 5) is 0. The van der Waals surface area contributed by atoms with Crippen LogP contribution >= 0.6 is 0 Å². The lowest BCUT2D eigenvalue weighted by Crippen LogP contribution is -2.32. The summed E-state index contributed by atoms with van der Waals surface area (Å²) in [5, 5.41) is 23.8. The van der Waals surface area contributed by atoms with Crippen molar-refractivity contribution in [3.8, 4) is 5.75 Å². The van der Waals surface area contributed by atoms with Crippen LogP contribution in [0.2, 0.25) is 0 Å². The molecule has 0 fully saturated rings. The second-order valence-electron chi connectivity index (χ2n) is 4.76. The predicted molar refractivity (Wildman–Crippen MR) is 80.0 cm³/mol. The molecule has 4 nitrogen and oxygen atoms in total. The SMILES string of the molecule is OCCCNC[C@H](O)COc1ccc2ccccc2c1. The zero-order chi connectivity index (χ0) is 14.2. The molecule has 0 heterocycles. The van der Waals surface area contributed by atoms with Crippen molar-refractivity contribution in [2.75, 3.05) is 26.3 Å². The number of hydrogen-bond donors (Lipinski definition) is 3. The smallest absolute Gasteiger partial charge is 0.120 e. The molecule has 1 atom stereocenters. The molecule has 0 aliphatic heterocycles. The van der Waals surface area contributed by atoms with Gasteiger partial charge in [0, 0.05) is 13.2 Å². The van der Waals surface area contributed by atoms with E-state index < -0.39 is 6.10 Å². The molecular weight excluding hydrogens is 254 g/mol. The zero-order valence-electron chi connectivity index (χ0n) is 11.5. The van der Waals surface area contributed by atoms with Gasteiger partial charge in [0.05, 0.1) is 0 Å². The van der Waals surface area contributed by atoms with Gasteiger partial charge in [-0.2, -0.15) is 0 Å². The summed E-state index contributed by atoms with van der Waals surface area (Å²) in [6, 6.07) is 14.0. The Balaban J connectivity index is 1.80. The normalized spacial score (nSPS) is 12.5. The lowest BCUT2D eigenvalue weighted by molar-refractivity contribution is 0.106. The van der Waals surface area contributed by atoms with E-state index in [1.165, 1.54) is 5.39 Å². The Bertz CT molecular complexity index is 530. The topological polar surface area (TPSA) is 61.7 Å². The molecule has 0 aliphatic rings. The van der Waals surface area contributed by atoms with Gasteiger partial charge >= 0.3 is 0 Å². The van der Waals surface area contributed by atoms with Crippen molar-refractivity contribution >= 4 is 10.8 Å². The fourth-order valence-electron chi connectivity index (χ4n) is 1.98. The second-order valence-corrected chi connectivity index (χ2v) is 4.76. The predicted octanol–water partition coefficient (Wildman–Crippen LogP) is 1.55. The molecule has 2 aromatic rings. The van der Waals surface area contributed by atoms with Crippen molar-refractivity contribution in [1.82, 2.24) is 5.32 Å². The molecule has 108 valence electrons. The minimum absolute atomic E-state index is 0.163. The number of ether oxygens (including phenoxy) is 1. The molecule has 0 spiro atoms. The number of nitrogens with one attached hydrogen (secondary N) is 1. The maximum absolute atomic E-state index is 9.77. The van der Waals surface area contributed by atoms with Gasteiger partial charge in [-0.3, -0.25) is 0 Å². The van der Waals surface area contributed by atoms with Gasteiger partial charge in [-0.15, -0.1) is 0 Å². The lowest BCUT2D eigenvalue weighted by Gasteiger charge is -2.13. The summed E-state index contributed by atoms with van der Waals surface area (Å²) in [5.74, 6) is 0.762. The van der Waals surface area contributed by atoms with Crippen LogP contribution in [-0.2, 0) is 0 Å². The van der Waals surface area contributed by atoms with Crippen LogP contribution in [0, 0.1) is 0 Å². The molecule has 0 unspecified atom stereocenters. The van der Waals surface area contributed by atoms with Gasteiger partial charge in [0.25, 0.3) is 0 Å². The van der Waals surface area contributed by atoms with Crippen molar-refractivity contribution in [3.05, 3.63) is 42.5 Å². The van der Waals surface area contributed by atoms with E-state index in [2.05, 4.69) is 11.4 Å².